The molecule has 3 N–H and O–H groups in total. The topological polar surface area (TPSA) is 135 Å². The summed E-state index contributed by atoms with van der Waals surface area (Å²) in [5.41, 5.74) is 3.04. The highest BCUT2D eigenvalue weighted by Gasteiger charge is 2.20. The Morgan fingerprint density at radius 1 is 0.773 bits per heavy atom. The molecule has 0 saturated heterocycles. The van der Waals surface area contributed by atoms with Crippen LogP contribution in [0.25, 0.3) is 11.0 Å². The van der Waals surface area contributed by atoms with Gasteiger partial charge in [0, 0.05) is 36.1 Å². The molecule has 1 heterocycles. The molecule has 0 aliphatic heterocycles. The number of hydrogen-bond acceptors (Lipinski definition) is 9. The van der Waals surface area contributed by atoms with Crippen molar-refractivity contribution < 1.29 is 22.7 Å². The number of carbonyl (C=O) groups excluding carboxylic acids is 1. The van der Waals surface area contributed by atoms with Crippen molar-refractivity contribution in [2.24, 2.45) is 0 Å². The van der Waals surface area contributed by atoms with Crippen LogP contribution in [0.1, 0.15) is 5.56 Å². The minimum absolute atomic E-state index is 0.0116. The van der Waals surface area contributed by atoms with Gasteiger partial charge in [0.1, 0.15) is 11.5 Å². The van der Waals surface area contributed by atoms with Crippen LogP contribution in [0.15, 0.2) is 102 Å². The monoisotopic (exact) mass is 612 g/mol. The number of aromatic nitrogens is 2. The number of anilines is 4. The first-order valence-electron chi connectivity index (χ1n) is 13.6. The number of para-hydroxylation sites is 2. The Morgan fingerprint density at radius 2 is 1.41 bits per heavy atom. The third kappa shape index (κ3) is 7.60. The van der Waals surface area contributed by atoms with Gasteiger partial charge in [-0.05, 0) is 42.9 Å². The Bertz CT molecular complexity index is 1860. The fraction of sp³-hybridized carbons (Fsp3) is 0.156. The largest absolute Gasteiger partial charge is 0.497 e. The second-order valence-corrected chi connectivity index (χ2v) is 11.7. The third-order valence-corrected chi connectivity index (χ3v) is 7.89. The molecule has 0 atom stereocenters. The minimum Gasteiger partial charge on any atom is -0.497 e. The van der Waals surface area contributed by atoms with Crippen molar-refractivity contribution in [1.82, 2.24) is 14.9 Å². The number of rotatable bonds is 12. The van der Waals surface area contributed by atoms with Gasteiger partial charge in [0.25, 0.3) is 10.0 Å². The van der Waals surface area contributed by atoms with Crippen molar-refractivity contribution in [3.05, 3.63) is 103 Å². The van der Waals surface area contributed by atoms with Gasteiger partial charge >= 0.3 is 0 Å². The fourth-order valence-electron chi connectivity index (χ4n) is 4.50. The van der Waals surface area contributed by atoms with Gasteiger partial charge in [-0.1, -0.05) is 48.5 Å². The van der Waals surface area contributed by atoms with E-state index in [1.807, 2.05) is 48.3 Å². The summed E-state index contributed by atoms with van der Waals surface area (Å²) in [7, 11) is 0.765. The summed E-state index contributed by atoms with van der Waals surface area (Å²) in [5.74, 6) is 0.961. The molecule has 1 amide bonds. The van der Waals surface area contributed by atoms with E-state index in [0.717, 1.165) is 5.56 Å². The maximum absolute atomic E-state index is 13.6. The predicted octanol–water partition coefficient (Wildman–Crippen LogP) is 5.26. The van der Waals surface area contributed by atoms with Crippen LogP contribution in [0.4, 0.5) is 23.0 Å². The van der Waals surface area contributed by atoms with Crippen LogP contribution in [-0.2, 0) is 21.4 Å². The number of amides is 1. The number of likely N-dealkylation sites (N-methyl/N-ethyl adjacent to an activating group) is 1. The molecule has 0 aliphatic rings. The summed E-state index contributed by atoms with van der Waals surface area (Å²) in [6.07, 6.45) is 0. The Hall–Kier alpha value is -5.20. The van der Waals surface area contributed by atoms with E-state index >= 15 is 0 Å². The number of fused-ring (bicyclic) bond motifs is 1. The average molecular weight is 613 g/mol. The van der Waals surface area contributed by atoms with E-state index in [1.165, 1.54) is 26.4 Å². The van der Waals surface area contributed by atoms with Gasteiger partial charge in [0.15, 0.2) is 11.6 Å². The number of carbonyl (C=O) groups is 1. The standard InChI is InChI=1S/C32H32N6O5S/c1-38(20-22-10-5-4-6-11-22)21-30(39)33-23-12-9-13-27(18-23)44(40,41)37-32-31(35-28-14-7-8-15-29(28)36-32)34-24-16-25(42-2)19-26(17-24)43-3/h4-19H,20-21H2,1-3H3,(H,33,39)(H,34,35)(H,36,37). The second kappa shape index (κ2) is 13.4. The second-order valence-electron chi connectivity index (χ2n) is 9.98. The summed E-state index contributed by atoms with van der Waals surface area (Å²) in [5, 5.41) is 5.93. The smallest absolute Gasteiger partial charge is 0.263 e. The molecule has 0 unspecified atom stereocenters. The predicted molar refractivity (Wildman–Crippen MR) is 171 cm³/mol. The van der Waals surface area contributed by atoms with Crippen LogP contribution in [0, 0.1) is 0 Å². The lowest BCUT2D eigenvalue weighted by Crippen LogP contribution is -2.29. The van der Waals surface area contributed by atoms with Gasteiger partial charge in [-0.2, -0.15) is 0 Å². The molecule has 0 fully saturated rings. The van der Waals surface area contributed by atoms with Crippen LogP contribution >= 0.6 is 0 Å². The quantitative estimate of drug-likeness (QED) is 0.172. The lowest BCUT2D eigenvalue weighted by molar-refractivity contribution is -0.117. The molecule has 0 aliphatic carbocycles. The molecular formula is C32H32N6O5S. The van der Waals surface area contributed by atoms with E-state index in [2.05, 4.69) is 25.3 Å². The van der Waals surface area contributed by atoms with Crippen LogP contribution in [0.3, 0.4) is 0 Å². The van der Waals surface area contributed by atoms with Crippen molar-refractivity contribution >= 4 is 50.0 Å². The molecule has 1 aromatic heterocycles. The van der Waals surface area contributed by atoms with Gasteiger partial charge in [-0.3, -0.25) is 14.4 Å². The van der Waals surface area contributed by atoms with Gasteiger partial charge < -0.3 is 20.1 Å². The zero-order chi connectivity index (χ0) is 31.1. The first-order valence-corrected chi connectivity index (χ1v) is 15.1. The maximum atomic E-state index is 13.6. The summed E-state index contributed by atoms with van der Waals surface area (Å²) in [6.45, 7) is 0.721. The van der Waals surface area contributed by atoms with Crippen molar-refractivity contribution in [2.75, 3.05) is 43.2 Å². The third-order valence-electron chi connectivity index (χ3n) is 6.55. The van der Waals surface area contributed by atoms with Gasteiger partial charge in [0.2, 0.25) is 5.91 Å². The SMILES string of the molecule is COc1cc(Nc2nc3ccccc3nc2NS(=O)(=O)c2cccc(NC(=O)CN(C)Cc3ccccc3)c2)cc(OC)c1. The number of methoxy groups -OCH3 is 2. The summed E-state index contributed by atoms with van der Waals surface area (Å²) in [6, 6.07) is 28.1. The molecule has 5 rings (SSSR count). The molecule has 0 radical (unpaired) electrons. The molecule has 44 heavy (non-hydrogen) atoms. The molecule has 4 aromatic carbocycles. The lowest BCUT2D eigenvalue weighted by Gasteiger charge is -2.17. The molecule has 0 bridgehead atoms. The molecule has 0 spiro atoms. The Kier molecular flexibility index (Phi) is 9.22. The number of ether oxygens (including phenoxy) is 2. The normalized spacial score (nSPS) is 11.3. The Balaban J connectivity index is 1.37. The average Bonchev–Trinajstić information content (AvgIpc) is 3.01. The summed E-state index contributed by atoms with van der Waals surface area (Å²) >= 11 is 0. The summed E-state index contributed by atoms with van der Waals surface area (Å²) < 4.78 is 40.5. The van der Waals surface area contributed by atoms with Crippen LogP contribution in [-0.4, -0.2) is 57.0 Å². The lowest BCUT2D eigenvalue weighted by atomic mass is 10.2. The van der Waals surface area contributed by atoms with Crippen molar-refractivity contribution in [1.29, 1.82) is 0 Å². The molecule has 11 nitrogen and oxygen atoms in total. The van der Waals surface area contributed by atoms with E-state index in [-0.39, 0.29) is 29.0 Å². The van der Waals surface area contributed by atoms with E-state index in [0.29, 0.717) is 40.5 Å². The fourth-order valence-corrected chi connectivity index (χ4v) is 5.55. The van der Waals surface area contributed by atoms with Gasteiger partial charge in [-0.15, -0.1) is 0 Å². The highest BCUT2D eigenvalue weighted by molar-refractivity contribution is 7.92. The highest BCUT2D eigenvalue weighted by atomic mass is 32.2. The molecule has 226 valence electrons. The van der Waals surface area contributed by atoms with Crippen LogP contribution in [0.5, 0.6) is 11.5 Å². The van der Waals surface area contributed by atoms with Crippen LogP contribution < -0.4 is 24.8 Å². The number of sulfonamides is 1. The summed E-state index contributed by atoms with van der Waals surface area (Å²) in [4.78, 5) is 23.7. The Labute approximate surface area is 255 Å². The minimum atomic E-state index is -4.15. The van der Waals surface area contributed by atoms with Crippen molar-refractivity contribution in [2.45, 2.75) is 11.4 Å². The zero-order valence-electron chi connectivity index (χ0n) is 24.4. The number of nitrogens with one attached hydrogen (secondary N) is 3. The van der Waals surface area contributed by atoms with Crippen molar-refractivity contribution in [3.8, 4) is 11.5 Å². The molecule has 12 heteroatoms. The first-order chi connectivity index (χ1) is 21.2. The number of benzene rings is 4. The van der Waals surface area contributed by atoms with E-state index in [1.54, 1.807) is 48.5 Å². The number of hydrogen-bond donors (Lipinski definition) is 3. The molecule has 5 aromatic rings. The van der Waals surface area contributed by atoms with Crippen molar-refractivity contribution in [3.63, 3.8) is 0 Å². The number of nitrogens with zero attached hydrogens (tertiary/aromatic N) is 3. The highest BCUT2D eigenvalue weighted by Crippen LogP contribution is 2.31. The maximum Gasteiger partial charge on any atom is 0.263 e. The van der Waals surface area contributed by atoms with Gasteiger partial charge in [0.05, 0.1) is 36.7 Å². The zero-order valence-corrected chi connectivity index (χ0v) is 25.3. The molecule has 0 saturated carbocycles. The Morgan fingerprint density at radius 3 is 2.07 bits per heavy atom. The van der Waals surface area contributed by atoms with Crippen LogP contribution in [0.2, 0.25) is 0 Å². The van der Waals surface area contributed by atoms with E-state index < -0.39 is 10.0 Å². The van der Waals surface area contributed by atoms with E-state index in [9.17, 15) is 13.2 Å². The first kappa shape index (κ1) is 30.3. The van der Waals surface area contributed by atoms with E-state index in [4.69, 9.17) is 9.47 Å². The van der Waals surface area contributed by atoms with Gasteiger partial charge in [-0.25, -0.2) is 18.4 Å². The molecular weight excluding hydrogens is 580 g/mol.